The Hall–Kier alpha value is -2.52. The largest absolute Gasteiger partial charge is 0.444 e. The fraction of sp³-hybridized carbons (Fsp3) is 0.538. The highest BCUT2D eigenvalue weighted by molar-refractivity contribution is 5.69. The zero-order valence-electron chi connectivity index (χ0n) is 12.9. The van der Waals surface area contributed by atoms with E-state index in [1.165, 1.54) is 11.2 Å². The first-order chi connectivity index (χ1) is 10.8. The average Bonchev–Trinajstić information content (AvgIpc) is 3.10. The van der Waals surface area contributed by atoms with Crippen molar-refractivity contribution in [1.82, 2.24) is 29.6 Å². The molecule has 23 heavy (non-hydrogen) atoms. The number of carbonyl (C=O) groups is 1. The third-order valence-corrected chi connectivity index (χ3v) is 3.25. The van der Waals surface area contributed by atoms with Crippen molar-refractivity contribution in [3.05, 3.63) is 17.7 Å². The molecule has 1 aliphatic rings. The molecule has 0 unspecified atom stereocenters. The molecule has 0 aliphatic carbocycles. The summed E-state index contributed by atoms with van der Waals surface area (Å²) in [5, 5.41) is 6.17. The van der Waals surface area contributed by atoms with Gasteiger partial charge >= 0.3 is 12.6 Å². The Morgan fingerprint density at radius 2 is 2.13 bits per heavy atom. The number of halogens is 2. The van der Waals surface area contributed by atoms with Crippen LogP contribution in [-0.4, -0.2) is 41.3 Å². The van der Waals surface area contributed by atoms with Gasteiger partial charge in [0.1, 0.15) is 11.9 Å². The summed E-state index contributed by atoms with van der Waals surface area (Å²) < 4.78 is 32.9. The van der Waals surface area contributed by atoms with E-state index in [1.54, 1.807) is 20.8 Å². The number of amides is 1. The summed E-state index contributed by atoms with van der Waals surface area (Å²) >= 11 is 0. The number of nitrogens with one attached hydrogen (secondary N) is 1. The molecule has 10 heteroatoms. The Kier molecular flexibility index (Phi) is 3.53. The number of aromatic amines is 1. The summed E-state index contributed by atoms with van der Waals surface area (Å²) in [4.78, 5) is 21.5. The number of hydrogen-bond donors (Lipinski definition) is 1. The minimum Gasteiger partial charge on any atom is -0.444 e. The number of fused-ring (bicyclic) bond motifs is 1. The van der Waals surface area contributed by atoms with Gasteiger partial charge in [-0.3, -0.25) is 14.6 Å². The second-order valence-corrected chi connectivity index (χ2v) is 6.15. The maximum absolute atomic E-state index is 13.4. The zero-order chi connectivity index (χ0) is 16.8. The van der Waals surface area contributed by atoms with Crippen LogP contribution in [0.3, 0.4) is 0 Å². The Bertz CT molecular complexity index is 720. The molecule has 0 radical (unpaired) electrons. The maximum Gasteiger partial charge on any atom is 0.410 e. The molecule has 0 bridgehead atoms. The first-order valence-corrected chi connectivity index (χ1v) is 6.98. The van der Waals surface area contributed by atoms with Gasteiger partial charge in [-0.05, 0) is 20.8 Å². The van der Waals surface area contributed by atoms with Crippen LogP contribution in [0.4, 0.5) is 13.6 Å². The number of carbonyl (C=O) groups excluding carboxylic acids is 1. The molecular formula is C13H16F2N6O2. The van der Waals surface area contributed by atoms with E-state index < -0.39 is 18.2 Å². The van der Waals surface area contributed by atoms with E-state index in [2.05, 4.69) is 20.2 Å². The van der Waals surface area contributed by atoms with Gasteiger partial charge in [0.2, 0.25) is 0 Å². The second kappa shape index (κ2) is 5.28. The van der Waals surface area contributed by atoms with Gasteiger partial charge < -0.3 is 4.74 Å². The molecule has 0 atom stereocenters. The number of nitrogens with zero attached hydrogens (tertiary/aromatic N) is 5. The molecule has 8 nitrogen and oxygen atoms in total. The lowest BCUT2D eigenvalue weighted by Crippen LogP contribution is -2.33. The van der Waals surface area contributed by atoms with Crippen molar-refractivity contribution < 1.29 is 18.3 Å². The highest BCUT2D eigenvalue weighted by atomic mass is 19.3. The normalized spacial score (nSPS) is 14.4. The lowest BCUT2D eigenvalue weighted by molar-refractivity contribution is 0.0223. The number of imidazole rings is 1. The summed E-state index contributed by atoms with van der Waals surface area (Å²) in [6.07, 6.45) is 0.662. The van der Waals surface area contributed by atoms with Gasteiger partial charge in [-0.2, -0.15) is 13.9 Å². The van der Waals surface area contributed by atoms with E-state index in [1.807, 2.05) is 0 Å². The number of aromatic nitrogens is 5. The fourth-order valence-electron chi connectivity index (χ4n) is 2.37. The molecule has 3 rings (SSSR count). The molecular weight excluding hydrogens is 310 g/mol. The predicted molar refractivity (Wildman–Crippen MR) is 74.3 cm³/mol. The van der Waals surface area contributed by atoms with Crippen LogP contribution in [0, 0.1) is 0 Å². The summed E-state index contributed by atoms with van der Waals surface area (Å²) in [7, 11) is 0. The van der Waals surface area contributed by atoms with E-state index in [-0.39, 0.29) is 30.4 Å². The lowest BCUT2D eigenvalue weighted by Gasteiger charge is -2.24. The van der Waals surface area contributed by atoms with E-state index in [0.29, 0.717) is 5.69 Å². The van der Waals surface area contributed by atoms with Gasteiger partial charge in [0.25, 0.3) is 0 Å². The van der Waals surface area contributed by atoms with Crippen LogP contribution in [0.25, 0.3) is 11.6 Å². The Morgan fingerprint density at radius 1 is 1.39 bits per heavy atom. The van der Waals surface area contributed by atoms with E-state index in [9.17, 15) is 13.6 Å². The van der Waals surface area contributed by atoms with Crippen LogP contribution >= 0.6 is 0 Å². The first-order valence-electron chi connectivity index (χ1n) is 6.98. The van der Waals surface area contributed by atoms with Crippen LogP contribution in [0.5, 0.6) is 0 Å². The third kappa shape index (κ3) is 2.88. The summed E-state index contributed by atoms with van der Waals surface area (Å²) in [5.74, 6) is 0.162. The minimum atomic E-state index is -2.80. The molecule has 124 valence electrons. The number of ether oxygens (including phenoxy) is 1. The Labute approximate surface area is 130 Å². The highest BCUT2D eigenvalue weighted by Gasteiger charge is 2.35. The molecule has 0 saturated carbocycles. The van der Waals surface area contributed by atoms with Gasteiger partial charge in [0.15, 0.2) is 11.6 Å². The van der Waals surface area contributed by atoms with Crippen LogP contribution in [0.2, 0.25) is 0 Å². The topological polar surface area (TPSA) is 88.9 Å². The number of hydrogen-bond acceptors (Lipinski definition) is 5. The number of rotatable bonds is 2. The summed E-state index contributed by atoms with van der Waals surface area (Å²) in [5.41, 5.74) is 0.0284. The molecule has 2 aromatic rings. The lowest BCUT2D eigenvalue weighted by atomic mass is 10.2. The van der Waals surface area contributed by atoms with Crippen molar-refractivity contribution in [1.29, 1.82) is 0 Å². The van der Waals surface area contributed by atoms with Crippen molar-refractivity contribution in [3.8, 4) is 11.6 Å². The monoisotopic (exact) mass is 326 g/mol. The third-order valence-electron chi connectivity index (χ3n) is 3.25. The van der Waals surface area contributed by atoms with Gasteiger partial charge in [-0.1, -0.05) is 0 Å². The molecule has 2 aromatic heterocycles. The summed E-state index contributed by atoms with van der Waals surface area (Å²) in [6, 6.07) is 0. The molecule has 0 fully saturated rings. The molecule has 1 aliphatic heterocycles. The van der Waals surface area contributed by atoms with Crippen molar-refractivity contribution in [2.24, 2.45) is 0 Å². The van der Waals surface area contributed by atoms with Gasteiger partial charge in [0, 0.05) is 0 Å². The fourth-order valence-corrected chi connectivity index (χ4v) is 2.37. The van der Waals surface area contributed by atoms with Gasteiger partial charge in [-0.25, -0.2) is 14.8 Å². The molecule has 1 amide bonds. The van der Waals surface area contributed by atoms with Crippen molar-refractivity contribution in [3.63, 3.8) is 0 Å². The smallest absolute Gasteiger partial charge is 0.410 e. The first kappa shape index (κ1) is 15.4. The number of H-pyrrole nitrogens is 1. The molecule has 3 heterocycles. The van der Waals surface area contributed by atoms with Gasteiger partial charge in [-0.15, -0.1) is 0 Å². The predicted octanol–water partition coefficient (Wildman–Crippen LogP) is 2.31. The quantitative estimate of drug-likeness (QED) is 0.915. The zero-order valence-corrected chi connectivity index (χ0v) is 12.9. The van der Waals surface area contributed by atoms with Crippen LogP contribution in [0.15, 0.2) is 6.33 Å². The second-order valence-electron chi connectivity index (χ2n) is 6.15. The SMILES string of the molecule is CC(C)(C)OC(=O)N1Cc2nc(-c3ncn[nH]3)n(C(F)F)c2C1. The molecule has 0 saturated heterocycles. The van der Waals surface area contributed by atoms with E-state index >= 15 is 0 Å². The molecule has 0 aromatic carbocycles. The molecule has 0 spiro atoms. The van der Waals surface area contributed by atoms with Crippen LogP contribution < -0.4 is 0 Å². The van der Waals surface area contributed by atoms with Crippen LogP contribution in [-0.2, 0) is 17.8 Å². The summed E-state index contributed by atoms with van der Waals surface area (Å²) in [6.45, 7) is 2.56. The van der Waals surface area contributed by atoms with Crippen LogP contribution in [0.1, 0.15) is 38.7 Å². The number of alkyl halides is 2. The van der Waals surface area contributed by atoms with Crippen molar-refractivity contribution in [2.75, 3.05) is 0 Å². The Morgan fingerprint density at radius 3 is 2.70 bits per heavy atom. The van der Waals surface area contributed by atoms with E-state index in [4.69, 9.17) is 4.74 Å². The average molecular weight is 326 g/mol. The van der Waals surface area contributed by atoms with E-state index in [0.717, 1.165) is 4.57 Å². The maximum atomic E-state index is 13.4. The Balaban J connectivity index is 1.88. The standard InChI is InChI=1S/C13H16F2N6O2/c1-13(2,3)23-12(22)20-4-7-8(5-20)21(11(14)15)10(18-7)9-16-6-17-19-9/h6,11H,4-5H2,1-3H3,(H,16,17,19). The van der Waals surface area contributed by atoms with Gasteiger partial charge in [0.05, 0.1) is 24.5 Å². The van der Waals surface area contributed by atoms with Crippen molar-refractivity contribution in [2.45, 2.75) is 46.0 Å². The highest BCUT2D eigenvalue weighted by Crippen LogP contribution is 2.32. The van der Waals surface area contributed by atoms with Crippen molar-refractivity contribution >= 4 is 6.09 Å². The minimum absolute atomic E-state index is 0.00587. The molecule has 1 N–H and O–H groups in total.